The van der Waals surface area contributed by atoms with Gasteiger partial charge in [-0.3, -0.25) is 14.5 Å². The van der Waals surface area contributed by atoms with E-state index in [4.69, 9.17) is 13.9 Å². The molecule has 2 N–H and O–H groups in total. The van der Waals surface area contributed by atoms with Crippen molar-refractivity contribution in [2.75, 3.05) is 18.1 Å². The molecule has 5 rings (SSSR count). The molecule has 2 aliphatic heterocycles. The highest BCUT2D eigenvalue weighted by Gasteiger charge is 2.49. The highest BCUT2D eigenvalue weighted by Crippen LogP contribution is 2.45. The molecule has 0 radical (unpaired) electrons. The van der Waals surface area contributed by atoms with Gasteiger partial charge in [0.15, 0.2) is 11.5 Å². The number of aliphatic hydroxyl groups excluding tert-OH is 1. The van der Waals surface area contributed by atoms with Gasteiger partial charge in [-0.1, -0.05) is 12.1 Å². The number of para-hydroxylation sites is 2. The van der Waals surface area contributed by atoms with Gasteiger partial charge >= 0.3 is 0 Å². The summed E-state index contributed by atoms with van der Waals surface area (Å²) in [6, 6.07) is 13.1. The van der Waals surface area contributed by atoms with Crippen molar-refractivity contribution in [3.8, 4) is 17.2 Å². The third-order valence-corrected chi connectivity index (χ3v) is 5.21. The summed E-state index contributed by atoms with van der Waals surface area (Å²) in [5.74, 6) is -1.12. The highest BCUT2D eigenvalue weighted by atomic mass is 16.6. The average molecular weight is 419 g/mol. The Labute approximate surface area is 176 Å². The molecule has 1 amide bonds. The molecule has 3 aromatic rings. The van der Waals surface area contributed by atoms with Crippen LogP contribution >= 0.6 is 0 Å². The molecule has 1 atom stereocenters. The van der Waals surface area contributed by atoms with Gasteiger partial charge in [0, 0.05) is 5.56 Å². The molecule has 8 nitrogen and oxygen atoms in total. The minimum Gasteiger partial charge on any atom is -0.507 e. The van der Waals surface area contributed by atoms with Crippen molar-refractivity contribution in [1.29, 1.82) is 0 Å². The zero-order valence-corrected chi connectivity index (χ0v) is 16.1. The number of nitrogens with zero attached hydrogens (tertiary/aromatic N) is 1. The van der Waals surface area contributed by atoms with Crippen molar-refractivity contribution in [1.82, 2.24) is 0 Å². The summed E-state index contributed by atoms with van der Waals surface area (Å²) in [4.78, 5) is 27.1. The molecule has 8 heteroatoms. The maximum atomic E-state index is 13.0. The quantitative estimate of drug-likeness (QED) is 0.380. The van der Waals surface area contributed by atoms with Gasteiger partial charge in [0.05, 0.1) is 17.5 Å². The number of carbonyl (C=O) groups is 2. The van der Waals surface area contributed by atoms with Crippen LogP contribution in [-0.4, -0.2) is 35.1 Å². The van der Waals surface area contributed by atoms with E-state index in [-0.39, 0.29) is 34.1 Å². The van der Waals surface area contributed by atoms with Crippen molar-refractivity contribution in [3.05, 3.63) is 77.8 Å². The van der Waals surface area contributed by atoms with Crippen molar-refractivity contribution in [2.45, 2.75) is 6.04 Å². The number of benzene rings is 2. The zero-order valence-electron chi connectivity index (χ0n) is 16.1. The van der Waals surface area contributed by atoms with Gasteiger partial charge in [0.2, 0.25) is 0 Å². The number of aliphatic hydroxyl groups is 1. The smallest absolute Gasteiger partial charge is 0.300 e. The average Bonchev–Trinajstić information content (AvgIpc) is 3.41. The molecule has 1 saturated heterocycles. The van der Waals surface area contributed by atoms with Gasteiger partial charge in [-0.05, 0) is 42.5 Å². The molecule has 3 heterocycles. The SMILES string of the molecule is O=C1C(=O)N(c2ccccc2O)C(c2ccco2)/C1=C(/O)c1ccc2c(c1)OCCO2. The normalized spacial score (nSPS) is 19.6. The number of hydrogen-bond donors (Lipinski definition) is 2. The van der Waals surface area contributed by atoms with Crippen LogP contribution in [0.3, 0.4) is 0 Å². The van der Waals surface area contributed by atoms with E-state index in [2.05, 4.69) is 0 Å². The predicted octanol–water partition coefficient (Wildman–Crippen LogP) is 3.38. The van der Waals surface area contributed by atoms with Crippen LogP contribution in [-0.2, 0) is 9.59 Å². The highest BCUT2D eigenvalue weighted by molar-refractivity contribution is 6.51. The molecule has 0 saturated carbocycles. The van der Waals surface area contributed by atoms with Crippen LogP contribution in [0.25, 0.3) is 5.76 Å². The standard InChI is InChI=1S/C23H17NO7/c25-15-5-2-1-4-14(15)24-20(17-6-3-9-29-17)19(22(27)23(24)28)21(26)13-7-8-16-18(12-13)31-11-10-30-16/h1-9,12,20,25-26H,10-11H2/b21-19-. The maximum absolute atomic E-state index is 13.0. The number of ether oxygens (including phenoxy) is 2. The number of aromatic hydroxyl groups is 1. The lowest BCUT2D eigenvalue weighted by Gasteiger charge is -2.24. The topological polar surface area (TPSA) is 109 Å². The molecule has 2 aromatic carbocycles. The van der Waals surface area contributed by atoms with Gasteiger partial charge in [0.1, 0.15) is 36.5 Å². The summed E-state index contributed by atoms with van der Waals surface area (Å²) >= 11 is 0. The van der Waals surface area contributed by atoms with Crippen LogP contribution in [0.4, 0.5) is 5.69 Å². The number of fused-ring (bicyclic) bond motifs is 1. The van der Waals surface area contributed by atoms with Crippen LogP contribution in [0.15, 0.2) is 70.9 Å². The predicted molar refractivity (Wildman–Crippen MR) is 109 cm³/mol. The van der Waals surface area contributed by atoms with E-state index in [0.717, 1.165) is 4.90 Å². The van der Waals surface area contributed by atoms with E-state index in [1.165, 1.54) is 18.4 Å². The first-order chi connectivity index (χ1) is 15.1. The molecule has 0 aliphatic carbocycles. The Hall–Kier alpha value is -4.20. The number of phenols is 1. The molecule has 31 heavy (non-hydrogen) atoms. The Balaban J connectivity index is 1.69. The first kappa shape index (κ1) is 18.8. The molecule has 2 aliphatic rings. The van der Waals surface area contributed by atoms with Crippen molar-refractivity contribution in [3.63, 3.8) is 0 Å². The third-order valence-electron chi connectivity index (χ3n) is 5.21. The largest absolute Gasteiger partial charge is 0.507 e. The summed E-state index contributed by atoms with van der Waals surface area (Å²) in [6.07, 6.45) is 1.41. The van der Waals surface area contributed by atoms with Crippen LogP contribution in [0, 0.1) is 0 Å². The summed E-state index contributed by atoms with van der Waals surface area (Å²) < 4.78 is 16.5. The first-order valence-corrected chi connectivity index (χ1v) is 9.58. The number of amides is 1. The number of Topliss-reactive ketones (excluding diaryl/α,β-unsaturated/α-hetero) is 1. The summed E-state index contributed by atoms with van der Waals surface area (Å²) in [5, 5.41) is 21.4. The lowest BCUT2D eigenvalue weighted by molar-refractivity contribution is -0.132. The van der Waals surface area contributed by atoms with Crippen LogP contribution in [0.1, 0.15) is 17.4 Å². The zero-order chi connectivity index (χ0) is 21.5. The maximum Gasteiger partial charge on any atom is 0.300 e. The van der Waals surface area contributed by atoms with Gasteiger partial charge in [-0.15, -0.1) is 0 Å². The molecular formula is C23H17NO7. The monoisotopic (exact) mass is 419 g/mol. The molecule has 1 unspecified atom stereocenters. The van der Waals surface area contributed by atoms with E-state index >= 15 is 0 Å². The number of rotatable bonds is 3. The minimum atomic E-state index is -1.06. The molecular weight excluding hydrogens is 402 g/mol. The van der Waals surface area contributed by atoms with Crippen molar-refractivity contribution >= 4 is 23.1 Å². The molecule has 156 valence electrons. The number of phenolic OH excluding ortho intramolecular Hbond substituents is 1. The Morgan fingerprint density at radius 2 is 1.74 bits per heavy atom. The van der Waals surface area contributed by atoms with E-state index in [1.54, 1.807) is 42.5 Å². The lowest BCUT2D eigenvalue weighted by Crippen LogP contribution is -2.29. The first-order valence-electron chi connectivity index (χ1n) is 9.58. The molecule has 0 spiro atoms. The minimum absolute atomic E-state index is 0.132. The summed E-state index contributed by atoms with van der Waals surface area (Å²) in [5.41, 5.74) is 0.267. The number of furan rings is 1. The second-order valence-corrected chi connectivity index (χ2v) is 7.03. The van der Waals surface area contributed by atoms with Gasteiger partial charge < -0.3 is 24.1 Å². The van der Waals surface area contributed by atoms with E-state index < -0.39 is 17.7 Å². The van der Waals surface area contributed by atoms with Crippen LogP contribution in [0.2, 0.25) is 0 Å². The molecule has 1 aromatic heterocycles. The van der Waals surface area contributed by atoms with E-state index in [9.17, 15) is 19.8 Å². The Bertz CT molecular complexity index is 1210. The Morgan fingerprint density at radius 3 is 2.48 bits per heavy atom. The van der Waals surface area contributed by atoms with Crippen LogP contribution < -0.4 is 14.4 Å². The number of ketones is 1. The van der Waals surface area contributed by atoms with E-state index in [0.29, 0.717) is 24.7 Å². The van der Waals surface area contributed by atoms with Gasteiger partial charge in [-0.25, -0.2) is 0 Å². The Morgan fingerprint density at radius 1 is 0.968 bits per heavy atom. The number of carbonyl (C=O) groups excluding carboxylic acids is 2. The van der Waals surface area contributed by atoms with Gasteiger partial charge in [0.25, 0.3) is 11.7 Å². The van der Waals surface area contributed by atoms with Crippen molar-refractivity contribution < 1.29 is 33.7 Å². The molecule has 0 bridgehead atoms. The third kappa shape index (κ3) is 3.00. The summed E-state index contributed by atoms with van der Waals surface area (Å²) in [7, 11) is 0. The fraction of sp³-hybridized carbons (Fsp3) is 0.130. The fourth-order valence-electron chi connectivity index (χ4n) is 3.81. The van der Waals surface area contributed by atoms with Crippen LogP contribution in [0.5, 0.6) is 17.2 Å². The van der Waals surface area contributed by atoms with E-state index in [1.807, 2.05) is 0 Å². The summed E-state index contributed by atoms with van der Waals surface area (Å²) in [6.45, 7) is 0.782. The van der Waals surface area contributed by atoms with Crippen molar-refractivity contribution in [2.24, 2.45) is 0 Å². The molecule has 1 fully saturated rings. The fourth-order valence-corrected chi connectivity index (χ4v) is 3.81. The Kier molecular flexibility index (Phi) is 4.39. The number of hydrogen-bond acceptors (Lipinski definition) is 7. The van der Waals surface area contributed by atoms with Gasteiger partial charge in [-0.2, -0.15) is 0 Å². The lowest BCUT2D eigenvalue weighted by atomic mass is 9.99. The second kappa shape index (κ2) is 7.24. The number of anilines is 1. The second-order valence-electron chi connectivity index (χ2n) is 7.03.